The number of ether oxygens (including phenoxy) is 1. The lowest BCUT2D eigenvalue weighted by molar-refractivity contribution is -0.164. The Hall–Kier alpha value is -1.06. The number of rotatable bonds is 14. The molecule has 4 heteroatoms. The topological polar surface area (TPSA) is 63.6 Å². The molecule has 0 aromatic heterocycles. The van der Waals surface area contributed by atoms with Crippen molar-refractivity contribution in [1.82, 2.24) is 0 Å². The Morgan fingerprint density at radius 1 is 0.885 bits per heavy atom. The molecular formula is C22H40O4. The third kappa shape index (κ3) is 9.05. The Kier molecular flexibility index (Phi) is 12.4. The molecule has 0 amide bonds. The summed E-state index contributed by atoms with van der Waals surface area (Å²) < 4.78 is 5.69. The number of hydrogen-bond donors (Lipinski definition) is 1. The summed E-state index contributed by atoms with van der Waals surface area (Å²) in [4.78, 5) is 23.8. The van der Waals surface area contributed by atoms with Crippen LogP contribution in [0.5, 0.6) is 0 Å². The maximum atomic E-state index is 12.5. The average Bonchev–Trinajstić information content (AvgIpc) is 2.65. The van der Waals surface area contributed by atoms with Gasteiger partial charge in [0, 0.05) is 0 Å². The molecule has 0 heterocycles. The molecule has 3 atom stereocenters. The van der Waals surface area contributed by atoms with E-state index in [1.807, 2.05) is 6.92 Å². The van der Waals surface area contributed by atoms with Gasteiger partial charge in [0.1, 0.15) is 6.10 Å². The summed E-state index contributed by atoms with van der Waals surface area (Å²) >= 11 is 0. The second-order valence-electron chi connectivity index (χ2n) is 7.92. The fourth-order valence-electron chi connectivity index (χ4n) is 3.99. The molecule has 0 saturated heterocycles. The van der Waals surface area contributed by atoms with Crippen molar-refractivity contribution in [1.29, 1.82) is 0 Å². The van der Waals surface area contributed by atoms with Crippen LogP contribution in [0.4, 0.5) is 0 Å². The molecule has 1 N–H and O–H groups in total. The normalized spacial score (nSPS) is 21.3. The number of carboxylic acids is 1. The molecule has 0 radical (unpaired) electrons. The molecule has 0 bridgehead atoms. The molecule has 1 aliphatic carbocycles. The van der Waals surface area contributed by atoms with Crippen LogP contribution < -0.4 is 0 Å². The van der Waals surface area contributed by atoms with Gasteiger partial charge >= 0.3 is 11.9 Å². The van der Waals surface area contributed by atoms with Crippen LogP contribution in [0, 0.1) is 11.8 Å². The monoisotopic (exact) mass is 368 g/mol. The van der Waals surface area contributed by atoms with Crippen molar-refractivity contribution in [2.24, 2.45) is 11.8 Å². The molecule has 1 rings (SSSR count). The summed E-state index contributed by atoms with van der Waals surface area (Å²) in [6.07, 6.45) is 16.3. The third-order valence-corrected chi connectivity index (χ3v) is 5.75. The molecule has 152 valence electrons. The van der Waals surface area contributed by atoms with Crippen molar-refractivity contribution in [3.05, 3.63) is 0 Å². The Morgan fingerprint density at radius 2 is 1.42 bits per heavy atom. The van der Waals surface area contributed by atoms with E-state index in [0.717, 1.165) is 32.1 Å². The molecular weight excluding hydrogens is 328 g/mol. The summed E-state index contributed by atoms with van der Waals surface area (Å²) in [5.41, 5.74) is 0. The number of hydrogen-bond acceptors (Lipinski definition) is 3. The highest BCUT2D eigenvalue weighted by molar-refractivity contribution is 5.81. The number of carbonyl (C=O) groups is 2. The predicted molar refractivity (Wildman–Crippen MR) is 105 cm³/mol. The van der Waals surface area contributed by atoms with E-state index in [-0.39, 0.29) is 12.1 Å². The molecule has 3 unspecified atom stereocenters. The van der Waals surface area contributed by atoms with Gasteiger partial charge in [-0.25, -0.2) is 0 Å². The van der Waals surface area contributed by atoms with E-state index < -0.39 is 17.8 Å². The number of esters is 1. The molecule has 0 spiro atoms. The molecule has 1 fully saturated rings. The van der Waals surface area contributed by atoms with Crippen molar-refractivity contribution in [2.45, 2.75) is 116 Å². The SMILES string of the molecule is CCCCCCCCCCCC(CC)OC(=O)C1CCCCC1C(=O)O. The zero-order chi connectivity index (χ0) is 19.2. The number of carbonyl (C=O) groups excluding carboxylic acids is 1. The maximum Gasteiger partial charge on any atom is 0.310 e. The van der Waals surface area contributed by atoms with Crippen LogP contribution in [-0.2, 0) is 14.3 Å². The van der Waals surface area contributed by atoms with Gasteiger partial charge in [-0.1, -0.05) is 78.1 Å². The number of carboxylic acid groups (broad SMARTS) is 1. The quantitative estimate of drug-likeness (QED) is 0.296. The Labute approximate surface area is 160 Å². The van der Waals surface area contributed by atoms with Gasteiger partial charge in [0.2, 0.25) is 0 Å². The Morgan fingerprint density at radius 3 is 1.96 bits per heavy atom. The largest absolute Gasteiger partial charge is 0.481 e. The van der Waals surface area contributed by atoms with Crippen LogP contribution in [0.3, 0.4) is 0 Å². The Balaban J connectivity index is 2.20. The lowest BCUT2D eigenvalue weighted by Gasteiger charge is -2.28. The zero-order valence-corrected chi connectivity index (χ0v) is 17.0. The van der Waals surface area contributed by atoms with E-state index in [0.29, 0.717) is 12.8 Å². The summed E-state index contributed by atoms with van der Waals surface area (Å²) in [5, 5.41) is 9.33. The maximum absolute atomic E-state index is 12.5. The fraction of sp³-hybridized carbons (Fsp3) is 0.909. The van der Waals surface area contributed by atoms with Crippen LogP contribution in [0.1, 0.15) is 110 Å². The summed E-state index contributed by atoms with van der Waals surface area (Å²) in [6, 6.07) is 0. The Bertz CT molecular complexity index is 394. The van der Waals surface area contributed by atoms with E-state index in [2.05, 4.69) is 6.92 Å². The summed E-state index contributed by atoms with van der Waals surface area (Å²) in [7, 11) is 0. The first-order valence-corrected chi connectivity index (χ1v) is 11.0. The van der Waals surface area contributed by atoms with Crippen LogP contribution in [0.2, 0.25) is 0 Å². The van der Waals surface area contributed by atoms with Gasteiger partial charge in [-0.2, -0.15) is 0 Å². The molecule has 26 heavy (non-hydrogen) atoms. The minimum absolute atomic E-state index is 0.0524. The fourth-order valence-corrected chi connectivity index (χ4v) is 3.99. The van der Waals surface area contributed by atoms with Crippen LogP contribution in [-0.4, -0.2) is 23.1 Å². The number of unbranched alkanes of at least 4 members (excludes halogenated alkanes) is 8. The predicted octanol–water partition coefficient (Wildman–Crippen LogP) is 6.12. The van der Waals surface area contributed by atoms with E-state index in [1.165, 1.54) is 51.4 Å². The van der Waals surface area contributed by atoms with Gasteiger partial charge < -0.3 is 9.84 Å². The zero-order valence-electron chi connectivity index (χ0n) is 17.0. The van der Waals surface area contributed by atoms with Gasteiger partial charge in [-0.15, -0.1) is 0 Å². The van der Waals surface area contributed by atoms with E-state index >= 15 is 0 Å². The van der Waals surface area contributed by atoms with Crippen LogP contribution in [0.15, 0.2) is 0 Å². The van der Waals surface area contributed by atoms with E-state index in [4.69, 9.17) is 4.74 Å². The number of aliphatic carboxylic acids is 1. The first kappa shape index (κ1) is 23.0. The first-order valence-electron chi connectivity index (χ1n) is 11.0. The molecule has 0 aliphatic heterocycles. The van der Waals surface area contributed by atoms with Crippen molar-refractivity contribution in [3.8, 4) is 0 Å². The van der Waals surface area contributed by atoms with Crippen molar-refractivity contribution < 1.29 is 19.4 Å². The second-order valence-corrected chi connectivity index (χ2v) is 7.92. The lowest BCUT2D eigenvalue weighted by atomic mass is 9.79. The van der Waals surface area contributed by atoms with E-state index in [1.54, 1.807) is 0 Å². The molecule has 1 saturated carbocycles. The minimum atomic E-state index is -0.848. The molecule has 0 aromatic carbocycles. The van der Waals surface area contributed by atoms with Crippen LogP contribution in [0.25, 0.3) is 0 Å². The third-order valence-electron chi connectivity index (χ3n) is 5.75. The van der Waals surface area contributed by atoms with E-state index in [9.17, 15) is 14.7 Å². The van der Waals surface area contributed by atoms with Crippen LogP contribution >= 0.6 is 0 Å². The van der Waals surface area contributed by atoms with Crippen molar-refractivity contribution in [3.63, 3.8) is 0 Å². The van der Waals surface area contributed by atoms with Crippen molar-refractivity contribution in [2.75, 3.05) is 0 Å². The van der Waals surface area contributed by atoms with Crippen molar-refractivity contribution >= 4 is 11.9 Å². The van der Waals surface area contributed by atoms with Gasteiger partial charge in [0.25, 0.3) is 0 Å². The van der Waals surface area contributed by atoms with Gasteiger partial charge in [0.15, 0.2) is 0 Å². The second kappa shape index (κ2) is 14.1. The highest BCUT2D eigenvalue weighted by atomic mass is 16.5. The molecule has 4 nitrogen and oxygen atoms in total. The first-order chi connectivity index (χ1) is 12.6. The van der Waals surface area contributed by atoms with Gasteiger partial charge in [-0.3, -0.25) is 9.59 Å². The molecule has 1 aliphatic rings. The summed E-state index contributed by atoms with van der Waals surface area (Å²) in [6.45, 7) is 4.29. The summed E-state index contributed by atoms with van der Waals surface area (Å²) in [5.74, 6) is -2.13. The highest BCUT2D eigenvalue weighted by Gasteiger charge is 2.37. The highest BCUT2D eigenvalue weighted by Crippen LogP contribution is 2.32. The van der Waals surface area contributed by atoms with Gasteiger partial charge in [0.05, 0.1) is 11.8 Å². The average molecular weight is 369 g/mol. The van der Waals surface area contributed by atoms with Gasteiger partial charge in [-0.05, 0) is 32.1 Å². The molecule has 0 aromatic rings. The standard InChI is InChI=1S/C22H40O4/c1-3-5-6-7-8-9-10-11-12-15-18(4-2)26-22(25)20-17-14-13-16-19(20)21(23)24/h18-20H,3-17H2,1-2H3,(H,23,24). The smallest absolute Gasteiger partial charge is 0.310 e. The lowest BCUT2D eigenvalue weighted by Crippen LogP contribution is -2.35. The minimum Gasteiger partial charge on any atom is -0.481 e.